The molecule has 0 spiro atoms. The molecule has 4 rings (SSSR count). The van der Waals surface area contributed by atoms with E-state index in [0.29, 0.717) is 11.9 Å². The van der Waals surface area contributed by atoms with Crippen LogP contribution in [0.5, 0.6) is 0 Å². The average molecular weight is 372 g/mol. The van der Waals surface area contributed by atoms with Gasteiger partial charge in [-0.3, -0.25) is 14.3 Å². The maximum Gasteiger partial charge on any atom is 0.264 e. The zero-order valence-corrected chi connectivity index (χ0v) is 16.1. The second kappa shape index (κ2) is 8.43. The predicted octanol–water partition coefficient (Wildman–Crippen LogP) is 3.24. The quantitative estimate of drug-likeness (QED) is 0.662. The summed E-state index contributed by atoms with van der Waals surface area (Å²) in [6.45, 7) is 6.11. The summed E-state index contributed by atoms with van der Waals surface area (Å²) in [6, 6.07) is 17.8. The van der Waals surface area contributed by atoms with Gasteiger partial charge in [-0.15, -0.1) is 0 Å². The van der Waals surface area contributed by atoms with Gasteiger partial charge in [0.2, 0.25) is 0 Å². The number of hydrogen-bond acceptors (Lipinski definition) is 3. The Bertz CT molecular complexity index is 1080. The van der Waals surface area contributed by atoms with E-state index in [2.05, 4.69) is 29.7 Å². The molecule has 0 aliphatic carbocycles. The fourth-order valence-corrected chi connectivity index (χ4v) is 3.65. The fourth-order valence-electron chi connectivity index (χ4n) is 3.65. The van der Waals surface area contributed by atoms with E-state index < -0.39 is 0 Å². The Morgan fingerprint density at radius 3 is 2.57 bits per heavy atom. The van der Waals surface area contributed by atoms with Gasteiger partial charge in [-0.1, -0.05) is 49.1 Å². The molecule has 4 heteroatoms. The van der Waals surface area contributed by atoms with Crippen LogP contribution in [0, 0.1) is 11.8 Å². The number of morpholine rings is 1. The lowest BCUT2D eigenvalue weighted by Gasteiger charge is -2.24. The Morgan fingerprint density at radius 2 is 1.82 bits per heavy atom. The lowest BCUT2D eigenvalue weighted by molar-refractivity contribution is 0.0443. The molecule has 0 radical (unpaired) electrons. The molecule has 1 saturated heterocycles. The highest BCUT2D eigenvalue weighted by atomic mass is 16.5. The van der Waals surface area contributed by atoms with Gasteiger partial charge in [-0.2, -0.15) is 0 Å². The van der Waals surface area contributed by atoms with Crippen LogP contribution in [0.1, 0.15) is 18.2 Å². The molecule has 1 aliphatic heterocycles. The molecule has 1 aromatic heterocycles. The van der Waals surface area contributed by atoms with Gasteiger partial charge in [0.25, 0.3) is 5.56 Å². The first kappa shape index (κ1) is 18.5. The van der Waals surface area contributed by atoms with Crippen LogP contribution >= 0.6 is 0 Å². The molecular formula is C24H24N2O2. The van der Waals surface area contributed by atoms with Crippen molar-refractivity contribution in [2.24, 2.45) is 0 Å². The van der Waals surface area contributed by atoms with Gasteiger partial charge >= 0.3 is 0 Å². The standard InChI is InChI=1S/C24H24N2O2/c1-2-21-18-20-9-6-8-19(10-7-13-25-14-16-28-17-15-25)23(20)24(27)26(21)22-11-4-3-5-12-22/h3-6,8-9,11-12,18H,2,13-17H2,1H3. The monoisotopic (exact) mass is 372 g/mol. The molecule has 0 bridgehead atoms. The zero-order chi connectivity index (χ0) is 19.3. The van der Waals surface area contributed by atoms with Crippen LogP contribution in [-0.4, -0.2) is 42.3 Å². The van der Waals surface area contributed by atoms with Crippen molar-refractivity contribution in [3.8, 4) is 17.5 Å². The number of aryl methyl sites for hydroxylation is 1. The van der Waals surface area contributed by atoms with E-state index in [0.717, 1.165) is 55.1 Å². The molecule has 0 saturated carbocycles. The second-order valence-corrected chi connectivity index (χ2v) is 6.93. The van der Waals surface area contributed by atoms with Crippen LogP contribution in [0.25, 0.3) is 16.5 Å². The third-order valence-corrected chi connectivity index (χ3v) is 5.13. The number of ether oxygens (including phenoxy) is 1. The predicted molar refractivity (Wildman–Crippen MR) is 113 cm³/mol. The number of nitrogens with zero attached hydrogens (tertiary/aromatic N) is 2. The third-order valence-electron chi connectivity index (χ3n) is 5.13. The largest absolute Gasteiger partial charge is 0.379 e. The Kier molecular flexibility index (Phi) is 5.57. The van der Waals surface area contributed by atoms with Gasteiger partial charge in [0.15, 0.2) is 0 Å². The van der Waals surface area contributed by atoms with E-state index in [1.165, 1.54) is 0 Å². The molecule has 3 aromatic rings. The van der Waals surface area contributed by atoms with Gasteiger partial charge in [-0.25, -0.2) is 0 Å². The molecule has 4 nitrogen and oxygen atoms in total. The molecule has 1 fully saturated rings. The first-order valence-corrected chi connectivity index (χ1v) is 9.80. The number of pyridine rings is 1. The number of benzene rings is 2. The van der Waals surface area contributed by atoms with Crippen LogP contribution in [-0.2, 0) is 11.2 Å². The number of fused-ring (bicyclic) bond motifs is 1. The van der Waals surface area contributed by atoms with E-state index in [1.54, 1.807) is 0 Å². The van der Waals surface area contributed by atoms with Crippen molar-refractivity contribution in [2.75, 3.05) is 32.8 Å². The zero-order valence-electron chi connectivity index (χ0n) is 16.1. The summed E-state index contributed by atoms with van der Waals surface area (Å²) in [4.78, 5) is 15.7. The van der Waals surface area contributed by atoms with E-state index in [4.69, 9.17) is 4.74 Å². The molecule has 2 aromatic carbocycles. The van der Waals surface area contributed by atoms with Crippen LogP contribution in [0.15, 0.2) is 59.4 Å². The highest BCUT2D eigenvalue weighted by molar-refractivity contribution is 5.88. The summed E-state index contributed by atoms with van der Waals surface area (Å²) in [5.74, 6) is 6.50. The minimum Gasteiger partial charge on any atom is -0.379 e. The average Bonchev–Trinajstić information content (AvgIpc) is 2.75. The molecule has 142 valence electrons. The number of hydrogen-bond donors (Lipinski definition) is 0. The van der Waals surface area contributed by atoms with Crippen molar-refractivity contribution in [3.05, 3.63) is 76.2 Å². The van der Waals surface area contributed by atoms with Gasteiger partial charge in [0, 0.05) is 30.0 Å². The molecular weight excluding hydrogens is 348 g/mol. The molecule has 2 heterocycles. The topological polar surface area (TPSA) is 34.5 Å². The van der Waals surface area contributed by atoms with E-state index in [9.17, 15) is 4.79 Å². The molecule has 0 atom stereocenters. The first-order chi connectivity index (χ1) is 13.8. The van der Waals surface area contributed by atoms with Crippen LogP contribution in [0.4, 0.5) is 0 Å². The van der Waals surface area contributed by atoms with Gasteiger partial charge in [0.1, 0.15) is 0 Å². The lowest BCUT2D eigenvalue weighted by Crippen LogP contribution is -2.36. The highest BCUT2D eigenvalue weighted by Gasteiger charge is 2.12. The van der Waals surface area contributed by atoms with E-state index in [1.807, 2.05) is 53.1 Å². The van der Waals surface area contributed by atoms with E-state index >= 15 is 0 Å². The maximum atomic E-state index is 13.5. The Balaban J connectivity index is 1.80. The van der Waals surface area contributed by atoms with Gasteiger partial charge in [-0.05, 0) is 36.1 Å². The summed E-state index contributed by atoms with van der Waals surface area (Å²) in [6.07, 6.45) is 0.785. The smallest absolute Gasteiger partial charge is 0.264 e. The normalized spacial score (nSPS) is 14.6. The van der Waals surface area contributed by atoms with Crippen molar-refractivity contribution in [3.63, 3.8) is 0 Å². The third kappa shape index (κ3) is 3.73. The Hall–Kier alpha value is -2.87. The maximum absolute atomic E-state index is 13.5. The van der Waals surface area contributed by atoms with Gasteiger partial charge < -0.3 is 4.74 Å². The van der Waals surface area contributed by atoms with Crippen molar-refractivity contribution in [1.82, 2.24) is 9.47 Å². The summed E-state index contributed by atoms with van der Waals surface area (Å²) in [5.41, 5.74) is 2.68. The minimum atomic E-state index is -0.00294. The van der Waals surface area contributed by atoms with Crippen LogP contribution in [0.2, 0.25) is 0 Å². The van der Waals surface area contributed by atoms with Crippen molar-refractivity contribution >= 4 is 10.8 Å². The minimum absolute atomic E-state index is 0.00294. The summed E-state index contributed by atoms with van der Waals surface area (Å²) < 4.78 is 7.20. The number of para-hydroxylation sites is 1. The SMILES string of the molecule is CCc1cc2cccc(C#CCN3CCOCC3)c2c(=O)n1-c1ccccc1. The van der Waals surface area contributed by atoms with Crippen LogP contribution in [0.3, 0.4) is 0 Å². The van der Waals surface area contributed by atoms with Crippen molar-refractivity contribution in [1.29, 1.82) is 0 Å². The summed E-state index contributed by atoms with van der Waals surface area (Å²) in [5, 5.41) is 1.64. The first-order valence-electron chi connectivity index (χ1n) is 9.80. The van der Waals surface area contributed by atoms with Gasteiger partial charge in [0.05, 0.1) is 25.1 Å². The lowest BCUT2D eigenvalue weighted by atomic mass is 10.0. The molecule has 28 heavy (non-hydrogen) atoms. The van der Waals surface area contributed by atoms with Crippen molar-refractivity contribution < 1.29 is 4.74 Å². The Labute approximate surface area is 165 Å². The molecule has 0 unspecified atom stereocenters. The Morgan fingerprint density at radius 1 is 1.04 bits per heavy atom. The summed E-state index contributed by atoms with van der Waals surface area (Å²) >= 11 is 0. The molecule has 0 N–H and O–H groups in total. The van der Waals surface area contributed by atoms with E-state index in [-0.39, 0.29) is 5.56 Å². The highest BCUT2D eigenvalue weighted by Crippen LogP contribution is 2.19. The second-order valence-electron chi connectivity index (χ2n) is 6.93. The number of rotatable bonds is 3. The van der Waals surface area contributed by atoms with Crippen LogP contribution < -0.4 is 5.56 Å². The summed E-state index contributed by atoms with van der Waals surface area (Å²) in [7, 11) is 0. The number of aromatic nitrogens is 1. The molecule has 1 aliphatic rings. The fraction of sp³-hybridized carbons (Fsp3) is 0.292. The van der Waals surface area contributed by atoms with Crippen molar-refractivity contribution in [2.45, 2.75) is 13.3 Å². The molecule has 0 amide bonds.